The van der Waals surface area contributed by atoms with Gasteiger partial charge >= 0.3 is 0 Å². The highest BCUT2D eigenvalue weighted by Crippen LogP contribution is 2.07. The summed E-state index contributed by atoms with van der Waals surface area (Å²) in [4.78, 5) is 14.3. The van der Waals surface area contributed by atoms with Gasteiger partial charge in [0.2, 0.25) is 0 Å². The molecule has 60 valence electrons. The van der Waals surface area contributed by atoms with Crippen LogP contribution in [0, 0.1) is 11.3 Å². The summed E-state index contributed by atoms with van der Waals surface area (Å²) in [6.07, 6.45) is 0. The summed E-state index contributed by atoms with van der Waals surface area (Å²) in [5.74, 6) is -0.732. The standard InChI is InChI=1S/C7H6N4O/c8-3-4-1-2-5(9)6(11-4)7(10)12/h1-2H,9H2,(H2,10,12). The van der Waals surface area contributed by atoms with Gasteiger partial charge in [0.1, 0.15) is 11.8 Å². The van der Waals surface area contributed by atoms with E-state index in [2.05, 4.69) is 4.98 Å². The number of carbonyl (C=O) groups is 1. The normalized spacial score (nSPS) is 8.92. The van der Waals surface area contributed by atoms with Crippen molar-refractivity contribution in [1.82, 2.24) is 4.98 Å². The van der Waals surface area contributed by atoms with Gasteiger partial charge in [-0.05, 0) is 12.1 Å². The molecule has 0 aliphatic rings. The molecule has 1 amide bonds. The first-order chi connectivity index (χ1) is 5.65. The smallest absolute Gasteiger partial charge is 0.269 e. The minimum Gasteiger partial charge on any atom is -0.397 e. The van der Waals surface area contributed by atoms with Crippen LogP contribution in [0.25, 0.3) is 0 Å². The number of hydrogen-bond acceptors (Lipinski definition) is 4. The van der Waals surface area contributed by atoms with Crippen LogP contribution in [-0.4, -0.2) is 10.9 Å². The summed E-state index contributed by atoms with van der Waals surface area (Å²) in [5, 5.41) is 8.43. The Morgan fingerprint density at radius 1 is 1.58 bits per heavy atom. The number of nitrogens with two attached hydrogens (primary N) is 2. The molecule has 0 unspecified atom stereocenters. The van der Waals surface area contributed by atoms with E-state index in [1.165, 1.54) is 12.1 Å². The Kier molecular flexibility index (Phi) is 1.92. The molecule has 12 heavy (non-hydrogen) atoms. The Hall–Kier alpha value is -2.09. The summed E-state index contributed by atoms with van der Waals surface area (Å²) < 4.78 is 0. The van der Waals surface area contributed by atoms with Crippen LogP contribution >= 0.6 is 0 Å². The Labute approximate surface area is 68.6 Å². The number of aromatic nitrogens is 1. The average molecular weight is 162 g/mol. The number of pyridine rings is 1. The quantitative estimate of drug-likeness (QED) is 0.587. The van der Waals surface area contributed by atoms with Crippen LogP contribution in [0.15, 0.2) is 12.1 Å². The zero-order valence-electron chi connectivity index (χ0n) is 6.11. The van der Waals surface area contributed by atoms with E-state index in [9.17, 15) is 4.79 Å². The lowest BCUT2D eigenvalue weighted by Gasteiger charge is -1.98. The molecule has 0 radical (unpaired) electrons. The summed E-state index contributed by atoms with van der Waals surface area (Å²) >= 11 is 0. The number of nitriles is 1. The lowest BCUT2D eigenvalue weighted by molar-refractivity contribution is 0.0996. The molecule has 1 aromatic heterocycles. The first-order valence-electron chi connectivity index (χ1n) is 3.11. The first kappa shape index (κ1) is 8.01. The lowest BCUT2D eigenvalue weighted by atomic mass is 10.2. The zero-order chi connectivity index (χ0) is 9.14. The number of amides is 1. The van der Waals surface area contributed by atoms with Gasteiger partial charge in [0.25, 0.3) is 5.91 Å². The molecule has 0 saturated heterocycles. The Bertz CT molecular complexity index is 366. The largest absolute Gasteiger partial charge is 0.397 e. The fourth-order valence-electron chi connectivity index (χ4n) is 0.730. The van der Waals surface area contributed by atoms with Gasteiger partial charge < -0.3 is 11.5 Å². The fraction of sp³-hybridized carbons (Fsp3) is 0. The molecule has 0 aliphatic carbocycles. The van der Waals surface area contributed by atoms with Crippen LogP contribution in [0.3, 0.4) is 0 Å². The highest BCUT2D eigenvalue weighted by Gasteiger charge is 2.07. The van der Waals surface area contributed by atoms with E-state index in [0.717, 1.165) is 0 Å². The van der Waals surface area contributed by atoms with Gasteiger partial charge in [-0.15, -0.1) is 0 Å². The average Bonchev–Trinajstić information content (AvgIpc) is 2.05. The minimum absolute atomic E-state index is 0.0611. The number of hydrogen-bond donors (Lipinski definition) is 2. The van der Waals surface area contributed by atoms with E-state index < -0.39 is 5.91 Å². The van der Waals surface area contributed by atoms with E-state index in [-0.39, 0.29) is 17.1 Å². The molecule has 0 fully saturated rings. The molecular weight excluding hydrogens is 156 g/mol. The van der Waals surface area contributed by atoms with Crippen LogP contribution in [0.4, 0.5) is 5.69 Å². The van der Waals surface area contributed by atoms with Crippen LogP contribution in [0.5, 0.6) is 0 Å². The van der Waals surface area contributed by atoms with Crippen molar-refractivity contribution in [1.29, 1.82) is 5.26 Å². The molecule has 0 aliphatic heterocycles. The summed E-state index contributed by atoms with van der Waals surface area (Å²) in [5.41, 5.74) is 10.6. The molecule has 0 bridgehead atoms. The van der Waals surface area contributed by atoms with Crippen LogP contribution in [0.2, 0.25) is 0 Å². The van der Waals surface area contributed by atoms with Crippen molar-refractivity contribution in [3.05, 3.63) is 23.5 Å². The van der Waals surface area contributed by atoms with Crippen LogP contribution in [-0.2, 0) is 0 Å². The van der Waals surface area contributed by atoms with Crippen molar-refractivity contribution in [3.8, 4) is 6.07 Å². The maximum Gasteiger partial charge on any atom is 0.269 e. The molecule has 4 N–H and O–H groups in total. The number of nitrogen functional groups attached to an aromatic ring is 1. The molecule has 0 aromatic carbocycles. The molecule has 1 heterocycles. The van der Waals surface area contributed by atoms with Crippen molar-refractivity contribution in [2.75, 3.05) is 5.73 Å². The summed E-state index contributed by atoms with van der Waals surface area (Å²) in [6, 6.07) is 4.62. The van der Waals surface area contributed by atoms with Crippen molar-refractivity contribution in [2.45, 2.75) is 0 Å². The van der Waals surface area contributed by atoms with Gasteiger partial charge in [0, 0.05) is 0 Å². The van der Waals surface area contributed by atoms with E-state index >= 15 is 0 Å². The highest BCUT2D eigenvalue weighted by molar-refractivity contribution is 5.95. The predicted octanol–water partition coefficient (Wildman–Crippen LogP) is -0.366. The molecule has 1 rings (SSSR count). The molecule has 0 spiro atoms. The Balaban J connectivity index is 3.28. The zero-order valence-corrected chi connectivity index (χ0v) is 6.11. The van der Waals surface area contributed by atoms with Gasteiger partial charge in [-0.2, -0.15) is 5.26 Å². The van der Waals surface area contributed by atoms with Crippen molar-refractivity contribution in [2.24, 2.45) is 5.73 Å². The van der Waals surface area contributed by atoms with Gasteiger partial charge in [-0.25, -0.2) is 4.98 Å². The van der Waals surface area contributed by atoms with Crippen LogP contribution in [0.1, 0.15) is 16.2 Å². The van der Waals surface area contributed by atoms with E-state index in [1.807, 2.05) is 0 Å². The molecule has 0 saturated carbocycles. The molecule has 5 heteroatoms. The Morgan fingerprint density at radius 3 is 2.75 bits per heavy atom. The third-order valence-corrected chi connectivity index (χ3v) is 1.27. The molecular formula is C7H6N4O. The summed E-state index contributed by atoms with van der Waals surface area (Å²) in [7, 11) is 0. The topological polar surface area (TPSA) is 106 Å². The molecule has 1 aromatic rings. The van der Waals surface area contributed by atoms with E-state index in [0.29, 0.717) is 0 Å². The second-order valence-corrected chi connectivity index (χ2v) is 2.11. The van der Waals surface area contributed by atoms with Crippen LogP contribution < -0.4 is 11.5 Å². The molecule has 5 nitrogen and oxygen atoms in total. The van der Waals surface area contributed by atoms with Gasteiger partial charge in [0.05, 0.1) is 5.69 Å². The highest BCUT2D eigenvalue weighted by atomic mass is 16.1. The van der Waals surface area contributed by atoms with Crippen molar-refractivity contribution < 1.29 is 4.79 Å². The predicted molar refractivity (Wildman–Crippen MR) is 41.9 cm³/mol. The number of carbonyl (C=O) groups excluding carboxylic acids is 1. The third-order valence-electron chi connectivity index (χ3n) is 1.27. The van der Waals surface area contributed by atoms with Crippen molar-refractivity contribution >= 4 is 11.6 Å². The number of primary amides is 1. The van der Waals surface area contributed by atoms with Gasteiger partial charge in [-0.1, -0.05) is 0 Å². The minimum atomic E-state index is -0.732. The Morgan fingerprint density at radius 2 is 2.25 bits per heavy atom. The maximum absolute atomic E-state index is 10.7. The first-order valence-corrected chi connectivity index (χ1v) is 3.11. The third kappa shape index (κ3) is 1.32. The molecule has 0 atom stereocenters. The maximum atomic E-state index is 10.7. The van der Waals surface area contributed by atoms with Gasteiger partial charge in [0.15, 0.2) is 5.69 Å². The summed E-state index contributed by atoms with van der Waals surface area (Å²) in [6.45, 7) is 0. The number of rotatable bonds is 1. The van der Waals surface area contributed by atoms with Crippen molar-refractivity contribution in [3.63, 3.8) is 0 Å². The van der Waals surface area contributed by atoms with Gasteiger partial charge in [-0.3, -0.25) is 4.79 Å². The monoisotopic (exact) mass is 162 g/mol. The van der Waals surface area contributed by atoms with E-state index in [4.69, 9.17) is 16.7 Å². The number of anilines is 1. The SMILES string of the molecule is N#Cc1ccc(N)c(C(N)=O)n1. The second kappa shape index (κ2) is 2.88. The van der Waals surface area contributed by atoms with E-state index in [1.54, 1.807) is 6.07 Å². The number of nitrogens with zero attached hydrogens (tertiary/aromatic N) is 2. The lowest BCUT2D eigenvalue weighted by Crippen LogP contribution is -2.16. The second-order valence-electron chi connectivity index (χ2n) is 2.11. The fourth-order valence-corrected chi connectivity index (χ4v) is 0.730.